The van der Waals surface area contributed by atoms with Gasteiger partial charge in [-0.3, -0.25) is 9.69 Å². The Balaban J connectivity index is 1.76. The first-order valence-corrected chi connectivity index (χ1v) is 11.0. The Morgan fingerprint density at radius 2 is 1.87 bits per heavy atom. The molecule has 3 rings (SSSR count). The summed E-state index contributed by atoms with van der Waals surface area (Å²) in [6.07, 6.45) is 0.258. The van der Waals surface area contributed by atoms with Crippen molar-refractivity contribution in [3.05, 3.63) is 76.7 Å². The number of hydrogen-bond donors (Lipinski definition) is 0. The van der Waals surface area contributed by atoms with Crippen LogP contribution in [0.5, 0.6) is 11.5 Å². The predicted molar refractivity (Wildman–Crippen MR) is 124 cm³/mol. The zero-order chi connectivity index (χ0) is 21.5. The number of thiocarbonyl (C=S) groups is 1. The number of ether oxygens (including phenoxy) is 1. The molecule has 0 aliphatic heterocycles. The topological polar surface area (TPSA) is 32.8 Å². The van der Waals surface area contributed by atoms with Crippen LogP contribution in [0.25, 0.3) is 0 Å². The summed E-state index contributed by atoms with van der Waals surface area (Å²) in [6, 6.07) is 16.0. The molecule has 4 nitrogen and oxygen atoms in total. The highest BCUT2D eigenvalue weighted by atomic mass is 32.1. The maximum absolute atomic E-state index is 14.7. The molecule has 1 amide bonds. The second kappa shape index (κ2) is 10.3. The summed E-state index contributed by atoms with van der Waals surface area (Å²) >= 11 is 7.10. The molecule has 0 fully saturated rings. The highest BCUT2D eigenvalue weighted by molar-refractivity contribution is 7.80. The number of hydrogen-bond acceptors (Lipinski definition) is 4. The van der Waals surface area contributed by atoms with Crippen LogP contribution in [0.4, 0.5) is 10.1 Å². The van der Waals surface area contributed by atoms with Crippen molar-refractivity contribution in [2.24, 2.45) is 0 Å². The number of halogens is 1. The Bertz CT molecular complexity index is 994. The zero-order valence-electron chi connectivity index (χ0n) is 16.9. The van der Waals surface area contributed by atoms with Gasteiger partial charge in [-0.1, -0.05) is 30.3 Å². The molecule has 0 N–H and O–H groups in total. The minimum Gasteiger partial charge on any atom is -0.453 e. The standard InChI is InChI=1S/C23H23FN2O2S2/c1-3-25(18-10-11-21(20(24)15-18)28-19-12-13-30-16-19)23(29)26(4-2)22(27)14-17-8-6-5-7-9-17/h5-13,15-16H,3-4,14H2,1-2H3. The Morgan fingerprint density at radius 3 is 2.47 bits per heavy atom. The van der Waals surface area contributed by atoms with E-state index in [4.69, 9.17) is 17.0 Å². The average Bonchev–Trinajstić information content (AvgIpc) is 3.25. The van der Waals surface area contributed by atoms with Crippen molar-refractivity contribution in [2.75, 3.05) is 18.0 Å². The number of nitrogens with zero attached hydrogens (tertiary/aromatic N) is 2. The molecule has 0 spiro atoms. The first-order valence-electron chi connectivity index (χ1n) is 9.68. The van der Waals surface area contributed by atoms with Gasteiger partial charge in [0.1, 0.15) is 5.75 Å². The van der Waals surface area contributed by atoms with Gasteiger partial charge >= 0.3 is 0 Å². The lowest BCUT2D eigenvalue weighted by Crippen LogP contribution is -2.46. The van der Waals surface area contributed by atoms with Crippen LogP contribution in [0.3, 0.4) is 0 Å². The minimum atomic E-state index is -0.487. The van der Waals surface area contributed by atoms with E-state index in [1.54, 1.807) is 33.4 Å². The number of carbonyl (C=O) groups is 1. The van der Waals surface area contributed by atoms with Crippen LogP contribution in [0.1, 0.15) is 19.4 Å². The van der Waals surface area contributed by atoms with Gasteiger partial charge in [-0.2, -0.15) is 0 Å². The Kier molecular flexibility index (Phi) is 7.54. The summed E-state index contributed by atoms with van der Waals surface area (Å²) in [7, 11) is 0. The normalized spacial score (nSPS) is 10.5. The van der Waals surface area contributed by atoms with E-state index in [9.17, 15) is 9.18 Å². The summed E-state index contributed by atoms with van der Waals surface area (Å²) in [6.45, 7) is 4.72. The van der Waals surface area contributed by atoms with Crippen molar-refractivity contribution in [2.45, 2.75) is 20.3 Å². The quantitative estimate of drug-likeness (QED) is 0.428. The van der Waals surface area contributed by atoms with E-state index in [1.807, 2.05) is 49.6 Å². The molecule has 2 aromatic carbocycles. The van der Waals surface area contributed by atoms with Crippen molar-refractivity contribution in [3.63, 3.8) is 0 Å². The Hall–Kier alpha value is -2.77. The van der Waals surface area contributed by atoms with Crippen LogP contribution in [-0.4, -0.2) is 29.0 Å². The predicted octanol–water partition coefficient (Wildman–Crippen LogP) is 5.88. The third-order valence-electron chi connectivity index (χ3n) is 4.54. The van der Waals surface area contributed by atoms with Crippen LogP contribution in [0.15, 0.2) is 65.4 Å². The summed E-state index contributed by atoms with van der Waals surface area (Å²) < 4.78 is 20.2. The molecule has 3 aromatic rings. The molecule has 7 heteroatoms. The van der Waals surface area contributed by atoms with Gasteiger partial charge in [0.25, 0.3) is 0 Å². The van der Waals surface area contributed by atoms with E-state index in [0.29, 0.717) is 29.6 Å². The molecule has 0 saturated heterocycles. The van der Waals surface area contributed by atoms with Gasteiger partial charge in [-0.25, -0.2) is 4.39 Å². The van der Waals surface area contributed by atoms with E-state index in [0.717, 1.165) is 5.56 Å². The lowest BCUT2D eigenvalue weighted by Gasteiger charge is -2.31. The fourth-order valence-corrected chi connectivity index (χ4v) is 4.05. The molecule has 0 saturated carbocycles. The summed E-state index contributed by atoms with van der Waals surface area (Å²) in [4.78, 5) is 16.2. The van der Waals surface area contributed by atoms with Gasteiger partial charge in [0.15, 0.2) is 16.7 Å². The lowest BCUT2D eigenvalue weighted by atomic mass is 10.1. The molecule has 0 bridgehead atoms. The van der Waals surface area contributed by atoms with Crippen LogP contribution in [0.2, 0.25) is 0 Å². The molecule has 1 aromatic heterocycles. The second-order valence-electron chi connectivity index (χ2n) is 6.50. The molecular weight excluding hydrogens is 419 g/mol. The number of likely N-dealkylation sites (N-methyl/N-ethyl adjacent to an activating group) is 1. The molecule has 30 heavy (non-hydrogen) atoms. The molecule has 0 unspecified atom stereocenters. The van der Waals surface area contributed by atoms with Crippen molar-refractivity contribution in [1.29, 1.82) is 0 Å². The van der Waals surface area contributed by atoms with Crippen molar-refractivity contribution in [1.82, 2.24) is 4.90 Å². The fourth-order valence-electron chi connectivity index (χ4n) is 3.04. The van der Waals surface area contributed by atoms with Gasteiger partial charge in [-0.05, 0) is 55.2 Å². The molecule has 0 aliphatic rings. The monoisotopic (exact) mass is 442 g/mol. The molecule has 0 atom stereocenters. The van der Waals surface area contributed by atoms with E-state index >= 15 is 0 Å². The van der Waals surface area contributed by atoms with Crippen LogP contribution < -0.4 is 9.64 Å². The third-order valence-corrected chi connectivity index (χ3v) is 5.65. The van der Waals surface area contributed by atoms with Gasteiger partial charge in [0.2, 0.25) is 5.91 Å². The largest absolute Gasteiger partial charge is 0.453 e. The summed E-state index contributed by atoms with van der Waals surface area (Å²) in [5, 5.41) is 4.02. The number of amides is 1. The van der Waals surface area contributed by atoms with E-state index in [-0.39, 0.29) is 18.1 Å². The maximum Gasteiger partial charge on any atom is 0.233 e. The maximum atomic E-state index is 14.7. The van der Waals surface area contributed by atoms with Gasteiger partial charge in [0.05, 0.1) is 6.42 Å². The average molecular weight is 443 g/mol. The van der Waals surface area contributed by atoms with E-state index in [2.05, 4.69) is 0 Å². The number of anilines is 1. The smallest absolute Gasteiger partial charge is 0.233 e. The van der Waals surface area contributed by atoms with E-state index < -0.39 is 5.82 Å². The third kappa shape index (κ3) is 5.23. The minimum absolute atomic E-state index is 0.0926. The van der Waals surface area contributed by atoms with Crippen molar-refractivity contribution < 1.29 is 13.9 Å². The first kappa shape index (κ1) is 21.9. The van der Waals surface area contributed by atoms with Crippen LogP contribution in [-0.2, 0) is 11.2 Å². The Morgan fingerprint density at radius 1 is 1.10 bits per heavy atom. The molecule has 0 radical (unpaired) electrons. The van der Waals surface area contributed by atoms with Crippen molar-refractivity contribution in [3.8, 4) is 11.5 Å². The SMILES string of the molecule is CCN(C(=O)Cc1ccccc1)C(=S)N(CC)c1ccc(Oc2ccsc2)c(F)c1. The molecule has 1 heterocycles. The lowest BCUT2D eigenvalue weighted by molar-refractivity contribution is -0.126. The van der Waals surface area contributed by atoms with Gasteiger partial charge in [-0.15, -0.1) is 11.3 Å². The highest BCUT2D eigenvalue weighted by Crippen LogP contribution is 2.29. The summed E-state index contributed by atoms with van der Waals surface area (Å²) in [5.74, 6) is 0.161. The van der Waals surface area contributed by atoms with Gasteiger partial charge < -0.3 is 9.64 Å². The number of rotatable bonds is 7. The highest BCUT2D eigenvalue weighted by Gasteiger charge is 2.23. The second-order valence-corrected chi connectivity index (χ2v) is 7.65. The van der Waals surface area contributed by atoms with Crippen LogP contribution in [0, 0.1) is 5.82 Å². The van der Waals surface area contributed by atoms with Gasteiger partial charge in [0, 0.05) is 30.2 Å². The van der Waals surface area contributed by atoms with E-state index in [1.165, 1.54) is 17.4 Å². The molecular formula is C23H23FN2O2S2. The zero-order valence-corrected chi connectivity index (χ0v) is 18.5. The Labute approximate surface area is 185 Å². The number of benzene rings is 2. The molecule has 0 aliphatic carbocycles. The fraction of sp³-hybridized carbons (Fsp3) is 0.217. The van der Waals surface area contributed by atoms with Crippen LogP contribution >= 0.6 is 23.6 Å². The number of thiophene rings is 1. The molecule has 156 valence electrons. The van der Waals surface area contributed by atoms with Crippen molar-refractivity contribution >= 4 is 40.3 Å². The first-order chi connectivity index (χ1) is 14.5. The summed E-state index contributed by atoms with van der Waals surface area (Å²) in [5.41, 5.74) is 1.50. The number of carbonyl (C=O) groups excluding carboxylic acids is 1.